The van der Waals surface area contributed by atoms with E-state index >= 15 is 0 Å². The number of hydrogen-bond acceptors (Lipinski definition) is 2. The molecule has 0 saturated carbocycles. The lowest BCUT2D eigenvalue weighted by molar-refractivity contribution is 0.275. The van der Waals surface area contributed by atoms with Crippen molar-refractivity contribution in [3.8, 4) is 0 Å². The maximum Gasteiger partial charge on any atom is 0.0471 e. The Morgan fingerprint density at radius 1 is 1.06 bits per heavy atom. The van der Waals surface area contributed by atoms with E-state index in [9.17, 15) is 0 Å². The minimum absolute atomic E-state index is 0.716. The molecule has 0 atom stereocenters. The number of nitrogens with two attached hydrogens (primary N) is 1. The van der Waals surface area contributed by atoms with Crippen molar-refractivity contribution in [3.05, 3.63) is 64.2 Å². The zero-order valence-electron chi connectivity index (χ0n) is 10.1. The van der Waals surface area contributed by atoms with E-state index in [0.29, 0.717) is 5.69 Å². The van der Waals surface area contributed by atoms with Crippen LogP contribution in [0.4, 0.5) is 5.69 Å². The van der Waals surface area contributed by atoms with Crippen molar-refractivity contribution in [2.45, 2.75) is 19.6 Å². The monoisotopic (exact) mass is 258 g/mol. The standard InChI is InChI=1S/C15H15ClN2/c16-15-7-14(17)6-5-13(15)10-18-8-11-3-1-2-4-12(11)9-18/h1-7H,8-10,17H2. The average Bonchev–Trinajstić information content (AvgIpc) is 2.75. The minimum atomic E-state index is 0.716. The molecular weight excluding hydrogens is 244 g/mol. The normalized spacial score (nSPS) is 14.7. The van der Waals surface area contributed by atoms with Gasteiger partial charge in [0, 0.05) is 30.3 Å². The molecule has 1 aliphatic heterocycles. The maximum absolute atomic E-state index is 6.21. The molecule has 0 aliphatic carbocycles. The van der Waals surface area contributed by atoms with Crippen LogP contribution in [-0.2, 0) is 19.6 Å². The van der Waals surface area contributed by atoms with Crippen LogP contribution in [0.3, 0.4) is 0 Å². The Labute approximate surface area is 112 Å². The van der Waals surface area contributed by atoms with Gasteiger partial charge in [0.05, 0.1) is 0 Å². The van der Waals surface area contributed by atoms with Crippen LogP contribution in [0, 0.1) is 0 Å². The van der Waals surface area contributed by atoms with Crippen molar-refractivity contribution in [2.24, 2.45) is 0 Å². The summed E-state index contributed by atoms with van der Waals surface area (Å²) >= 11 is 6.21. The van der Waals surface area contributed by atoms with Gasteiger partial charge < -0.3 is 5.73 Å². The van der Waals surface area contributed by atoms with E-state index in [-0.39, 0.29) is 0 Å². The molecule has 1 aliphatic rings. The molecule has 0 radical (unpaired) electrons. The third-order valence-electron chi connectivity index (χ3n) is 3.38. The lowest BCUT2D eigenvalue weighted by Crippen LogP contribution is -2.15. The van der Waals surface area contributed by atoms with Gasteiger partial charge in [-0.05, 0) is 28.8 Å². The summed E-state index contributed by atoms with van der Waals surface area (Å²) in [6.45, 7) is 2.86. The van der Waals surface area contributed by atoms with E-state index in [1.54, 1.807) is 0 Å². The van der Waals surface area contributed by atoms with Gasteiger partial charge in [0.1, 0.15) is 0 Å². The quantitative estimate of drug-likeness (QED) is 0.836. The average molecular weight is 259 g/mol. The molecule has 18 heavy (non-hydrogen) atoms. The fourth-order valence-electron chi connectivity index (χ4n) is 2.45. The molecule has 2 N–H and O–H groups in total. The van der Waals surface area contributed by atoms with E-state index in [1.807, 2.05) is 18.2 Å². The second-order valence-corrected chi connectivity index (χ2v) is 5.17. The number of nitrogens with zero attached hydrogens (tertiary/aromatic N) is 1. The first-order chi connectivity index (χ1) is 8.72. The van der Waals surface area contributed by atoms with Gasteiger partial charge in [-0.15, -0.1) is 0 Å². The highest BCUT2D eigenvalue weighted by Crippen LogP contribution is 2.27. The van der Waals surface area contributed by atoms with Gasteiger partial charge in [-0.1, -0.05) is 41.9 Å². The molecule has 0 amide bonds. The number of fused-ring (bicyclic) bond motifs is 1. The molecule has 3 heteroatoms. The van der Waals surface area contributed by atoms with Gasteiger partial charge in [0.2, 0.25) is 0 Å². The van der Waals surface area contributed by atoms with Gasteiger partial charge in [-0.25, -0.2) is 0 Å². The van der Waals surface area contributed by atoms with Crippen LogP contribution in [0.25, 0.3) is 0 Å². The molecule has 0 bridgehead atoms. The van der Waals surface area contributed by atoms with Gasteiger partial charge >= 0.3 is 0 Å². The van der Waals surface area contributed by atoms with Gasteiger partial charge in [-0.3, -0.25) is 4.90 Å². The first-order valence-electron chi connectivity index (χ1n) is 6.05. The number of nitrogen functional groups attached to an aromatic ring is 1. The number of benzene rings is 2. The smallest absolute Gasteiger partial charge is 0.0471 e. The molecule has 0 fully saturated rings. The number of rotatable bonds is 2. The lowest BCUT2D eigenvalue weighted by Gasteiger charge is -2.16. The first kappa shape index (κ1) is 11.6. The van der Waals surface area contributed by atoms with Crippen LogP contribution < -0.4 is 5.73 Å². The summed E-state index contributed by atoms with van der Waals surface area (Å²) < 4.78 is 0. The molecule has 2 aromatic carbocycles. The Balaban J connectivity index is 1.76. The zero-order chi connectivity index (χ0) is 12.5. The van der Waals surface area contributed by atoms with E-state index in [1.165, 1.54) is 11.1 Å². The summed E-state index contributed by atoms with van der Waals surface area (Å²) in [6, 6.07) is 14.3. The summed E-state index contributed by atoms with van der Waals surface area (Å²) in [5.41, 5.74) is 10.4. The summed E-state index contributed by atoms with van der Waals surface area (Å²) in [5, 5.41) is 0.756. The topological polar surface area (TPSA) is 29.3 Å². The highest BCUT2D eigenvalue weighted by atomic mass is 35.5. The predicted octanol–water partition coefficient (Wildman–Crippen LogP) is 3.44. The molecule has 0 unspecified atom stereocenters. The van der Waals surface area contributed by atoms with Crippen molar-refractivity contribution < 1.29 is 0 Å². The summed E-state index contributed by atoms with van der Waals surface area (Å²) in [7, 11) is 0. The van der Waals surface area contributed by atoms with Crippen molar-refractivity contribution in [2.75, 3.05) is 5.73 Å². The zero-order valence-corrected chi connectivity index (χ0v) is 10.8. The van der Waals surface area contributed by atoms with Crippen LogP contribution in [0.2, 0.25) is 5.02 Å². The molecular formula is C15H15ClN2. The molecule has 3 rings (SSSR count). The van der Waals surface area contributed by atoms with Crippen molar-refractivity contribution in [1.82, 2.24) is 4.90 Å². The molecule has 2 aromatic rings. The molecule has 1 heterocycles. The summed E-state index contributed by atoms with van der Waals surface area (Å²) in [4.78, 5) is 2.39. The van der Waals surface area contributed by atoms with E-state index < -0.39 is 0 Å². The third kappa shape index (κ3) is 2.22. The number of halogens is 1. The molecule has 0 spiro atoms. The van der Waals surface area contributed by atoms with Crippen molar-refractivity contribution >= 4 is 17.3 Å². The fraction of sp³-hybridized carbons (Fsp3) is 0.200. The Morgan fingerprint density at radius 2 is 1.72 bits per heavy atom. The summed E-state index contributed by atoms with van der Waals surface area (Å²) in [6.07, 6.45) is 0. The Kier molecular flexibility index (Phi) is 2.98. The second kappa shape index (κ2) is 4.63. The number of anilines is 1. The van der Waals surface area contributed by atoms with Gasteiger partial charge in [0.25, 0.3) is 0 Å². The highest BCUT2D eigenvalue weighted by Gasteiger charge is 2.18. The largest absolute Gasteiger partial charge is 0.399 e. The lowest BCUT2D eigenvalue weighted by atomic mass is 10.1. The fourth-order valence-corrected chi connectivity index (χ4v) is 2.70. The SMILES string of the molecule is Nc1ccc(CN2Cc3ccccc3C2)c(Cl)c1. The second-order valence-electron chi connectivity index (χ2n) is 4.76. The van der Waals surface area contributed by atoms with Crippen LogP contribution in [0.15, 0.2) is 42.5 Å². The first-order valence-corrected chi connectivity index (χ1v) is 6.43. The maximum atomic E-state index is 6.21. The van der Waals surface area contributed by atoms with Crippen molar-refractivity contribution in [1.29, 1.82) is 0 Å². The van der Waals surface area contributed by atoms with Crippen LogP contribution in [-0.4, -0.2) is 4.90 Å². The van der Waals surface area contributed by atoms with Crippen LogP contribution in [0.1, 0.15) is 16.7 Å². The third-order valence-corrected chi connectivity index (χ3v) is 3.73. The van der Waals surface area contributed by atoms with E-state index in [4.69, 9.17) is 17.3 Å². The molecule has 92 valence electrons. The van der Waals surface area contributed by atoms with E-state index in [0.717, 1.165) is 30.2 Å². The number of hydrogen-bond donors (Lipinski definition) is 1. The van der Waals surface area contributed by atoms with E-state index in [2.05, 4.69) is 29.2 Å². The Morgan fingerprint density at radius 3 is 2.33 bits per heavy atom. The van der Waals surface area contributed by atoms with Gasteiger partial charge in [0.15, 0.2) is 0 Å². The minimum Gasteiger partial charge on any atom is -0.399 e. The van der Waals surface area contributed by atoms with Crippen LogP contribution >= 0.6 is 11.6 Å². The molecule has 2 nitrogen and oxygen atoms in total. The molecule has 0 saturated heterocycles. The van der Waals surface area contributed by atoms with Gasteiger partial charge in [-0.2, -0.15) is 0 Å². The Hall–Kier alpha value is -1.51. The van der Waals surface area contributed by atoms with Crippen molar-refractivity contribution in [3.63, 3.8) is 0 Å². The predicted molar refractivity (Wildman–Crippen MR) is 75.3 cm³/mol. The molecule has 0 aromatic heterocycles. The van der Waals surface area contributed by atoms with Crippen LogP contribution in [0.5, 0.6) is 0 Å². The summed E-state index contributed by atoms with van der Waals surface area (Å²) in [5.74, 6) is 0. The highest BCUT2D eigenvalue weighted by molar-refractivity contribution is 6.31. The Bertz CT molecular complexity index is 555.